The Morgan fingerprint density at radius 3 is 2.90 bits per heavy atom. The average molecular weight is 311 g/mol. The second kappa shape index (κ2) is 5.14. The summed E-state index contributed by atoms with van der Waals surface area (Å²) in [5.41, 5.74) is -0.309. The molecule has 3 rings (SSSR count). The molecule has 4 nitrogen and oxygen atoms in total. The Labute approximate surface area is 123 Å². The van der Waals surface area contributed by atoms with Crippen molar-refractivity contribution < 1.29 is 22.8 Å². The van der Waals surface area contributed by atoms with E-state index in [1.54, 1.807) is 0 Å². The van der Waals surface area contributed by atoms with Crippen LogP contribution in [0.3, 0.4) is 0 Å². The van der Waals surface area contributed by atoms with E-state index in [9.17, 15) is 18.4 Å². The lowest BCUT2D eigenvalue weighted by Crippen LogP contribution is -2.32. The molecule has 21 heavy (non-hydrogen) atoms. The lowest BCUT2D eigenvalue weighted by molar-refractivity contribution is 0.111. The highest BCUT2D eigenvalue weighted by Crippen LogP contribution is 2.39. The lowest BCUT2D eigenvalue weighted by Gasteiger charge is -2.21. The van der Waals surface area contributed by atoms with Gasteiger partial charge in [0.05, 0.1) is 11.3 Å². The molecule has 2 aromatic rings. The summed E-state index contributed by atoms with van der Waals surface area (Å²) in [5.74, 6) is -1.83. The molecule has 1 aliphatic rings. The number of hydrogen-bond acceptors (Lipinski definition) is 4. The first-order chi connectivity index (χ1) is 10.1. The van der Waals surface area contributed by atoms with E-state index in [4.69, 9.17) is 4.42 Å². The predicted molar refractivity (Wildman–Crippen MR) is 75.9 cm³/mol. The van der Waals surface area contributed by atoms with Crippen LogP contribution in [0.2, 0.25) is 0 Å². The van der Waals surface area contributed by atoms with Crippen LogP contribution in [0.15, 0.2) is 16.7 Å². The normalized spacial score (nSPS) is 18.7. The fourth-order valence-electron chi connectivity index (χ4n) is 2.44. The van der Waals surface area contributed by atoms with Crippen LogP contribution in [-0.4, -0.2) is 23.3 Å². The highest BCUT2D eigenvalue weighted by atomic mass is 32.2. The number of nitrogens with zero attached hydrogens (tertiary/aromatic N) is 1. The highest BCUT2D eigenvalue weighted by molar-refractivity contribution is 8.14. The number of fused-ring (bicyclic) bond motifs is 1. The Balaban J connectivity index is 2.22. The highest BCUT2D eigenvalue weighted by Gasteiger charge is 2.34. The van der Waals surface area contributed by atoms with Gasteiger partial charge in [-0.2, -0.15) is 4.39 Å². The maximum Gasteiger partial charge on any atom is 0.286 e. The molecule has 1 aromatic carbocycles. The van der Waals surface area contributed by atoms with Crippen molar-refractivity contribution in [2.75, 3.05) is 10.7 Å². The number of thioether (sulfide) groups is 1. The number of amides is 1. The first kappa shape index (κ1) is 14.1. The average Bonchev–Trinajstić information content (AvgIpc) is 3.05. The maximum absolute atomic E-state index is 13.9. The van der Waals surface area contributed by atoms with Gasteiger partial charge in [-0.1, -0.05) is 18.7 Å². The number of carbonyl (C=O) groups is 2. The molecule has 110 valence electrons. The van der Waals surface area contributed by atoms with E-state index in [0.29, 0.717) is 11.4 Å². The quantitative estimate of drug-likeness (QED) is 0.805. The van der Waals surface area contributed by atoms with Crippen LogP contribution in [0, 0.1) is 11.6 Å². The van der Waals surface area contributed by atoms with E-state index in [2.05, 4.69) is 0 Å². The number of anilines is 1. The van der Waals surface area contributed by atoms with Crippen LogP contribution in [0.25, 0.3) is 11.0 Å². The summed E-state index contributed by atoms with van der Waals surface area (Å²) in [5, 5.41) is 0.0623. The van der Waals surface area contributed by atoms with Gasteiger partial charge in [-0.3, -0.25) is 14.5 Å². The Morgan fingerprint density at radius 1 is 1.48 bits per heavy atom. The van der Waals surface area contributed by atoms with E-state index in [1.807, 2.05) is 6.92 Å². The second-order valence-corrected chi connectivity index (χ2v) is 5.69. The molecule has 0 unspecified atom stereocenters. The van der Waals surface area contributed by atoms with Crippen molar-refractivity contribution in [1.82, 2.24) is 0 Å². The zero-order chi connectivity index (χ0) is 15.1. The lowest BCUT2D eigenvalue weighted by atomic mass is 10.1. The second-order valence-electron chi connectivity index (χ2n) is 4.72. The van der Waals surface area contributed by atoms with Gasteiger partial charge in [0.25, 0.3) is 5.24 Å². The van der Waals surface area contributed by atoms with Gasteiger partial charge in [-0.15, -0.1) is 0 Å². The Morgan fingerprint density at radius 2 is 2.24 bits per heavy atom. The summed E-state index contributed by atoms with van der Waals surface area (Å²) >= 11 is 1.17. The van der Waals surface area contributed by atoms with Gasteiger partial charge >= 0.3 is 0 Å². The van der Waals surface area contributed by atoms with Crippen LogP contribution in [0.1, 0.15) is 23.7 Å². The molecule has 0 radical (unpaired) electrons. The summed E-state index contributed by atoms with van der Waals surface area (Å²) in [4.78, 5) is 24.4. The molecule has 1 aliphatic heterocycles. The minimum absolute atomic E-state index is 0.0314. The first-order valence-electron chi connectivity index (χ1n) is 6.38. The SMILES string of the molecule is CC[C@H]1CSC(=O)N1c1coc2c(F)c(F)c(C=O)cc12. The molecular formula is C14H11F2NO3S. The largest absolute Gasteiger partial charge is 0.459 e. The van der Waals surface area contributed by atoms with Crippen LogP contribution in [0.5, 0.6) is 0 Å². The zero-order valence-electron chi connectivity index (χ0n) is 11.1. The minimum Gasteiger partial charge on any atom is -0.459 e. The topological polar surface area (TPSA) is 50.5 Å². The Kier molecular flexibility index (Phi) is 3.44. The van der Waals surface area contributed by atoms with E-state index >= 15 is 0 Å². The minimum atomic E-state index is -1.24. The predicted octanol–water partition coefficient (Wildman–Crippen LogP) is 3.98. The first-order valence-corrected chi connectivity index (χ1v) is 7.37. The fourth-order valence-corrected chi connectivity index (χ4v) is 3.55. The molecule has 0 N–H and O–H groups in total. The summed E-state index contributed by atoms with van der Waals surface area (Å²) in [6.45, 7) is 1.94. The fraction of sp³-hybridized carbons (Fsp3) is 0.286. The van der Waals surface area contributed by atoms with Gasteiger partial charge in [0.15, 0.2) is 17.7 Å². The molecule has 1 fully saturated rings. The summed E-state index contributed by atoms with van der Waals surface area (Å²) in [7, 11) is 0. The van der Waals surface area contributed by atoms with E-state index in [1.165, 1.54) is 29.0 Å². The molecule has 1 amide bonds. The molecule has 1 aromatic heterocycles. The van der Waals surface area contributed by atoms with E-state index < -0.39 is 17.2 Å². The molecule has 1 atom stereocenters. The zero-order valence-corrected chi connectivity index (χ0v) is 11.9. The molecule has 2 heterocycles. The summed E-state index contributed by atoms with van der Waals surface area (Å²) < 4.78 is 32.6. The van der Waals surface area contributed by atoms with Crippen molar-refractivity contribution in [3.05, 3.63) is 29.5 Å². The van der Waals surface area contributed by atoms with Crippen LogP contribution < -0.4 is 4.90 Å². The number of rotatable bonds is 3. The van der Waals surface area contributed by atoms with Crippen molar-refractivity contribution in [3.63, 3.8) is 0 Å². The van der Waals surface area contributed by atoms with E-state index in [-0.39, 0.29) is 28.5 Å². The summed E-state index contributed by atoms with van der Waals surface area (Å²) in [6, 6.07) is 1.18. The third-order valence-corrected chi connectivity index (χ3v) is 4.57. The van der Waals surface area contributed by atoms with Gasteiger partial charge in [0.1, 0.15) is 6.26 Å². The van der Waals surface area contributed by atoms with Crippen molar-refractivity contribution in [3.8, 4) is 0 Å². The van der Waals surface area contributed by atoms with E-state index in [0.717, 1.165) is 6.42 Å². The number of hydrogen-bond donors (Lipinski definition) is 0. The smallest absolute Gasteiger partial charge is 0.286 e. The van der Waals surface area contributed by atoms with Crippen molar-refractivity contribution in [1.29, 1.82) is 0 Å². The Bertz CT molecular complexity index is 743. The number of aldehydes is 1. The molecule has 7 heteroatoms. The number of furan rings is 1. The van der Waals surface area contributed by atoms with Crippen molar-refractivity contribution >= 4 is 39.9 Å². The molecule has 1 saturated heterocycles. The monoisotopic (exact) mass is 311 g/mol. The standard InChI is InChI=1S/C14H11F2NO3S/c1-2-8-6-21-14(19)17(8)10-5-20-13-9(10)3-7(4-18)11(15)12(13)16/h3-5,8H,2,6H2,1H3/t8-/m0/s1. The number of halogens is 2. The van der Waals surface area contributed by atoms with Gasteiger partial charge in [-0.25, -0.2) is 4.39 Å². The maximum atomic E-state index is 13.9. The van der Waals surface area contributed by atoms with Crippen LogP contribution in [0.4, 0.5) is 19.3 Å². The molecule has 0 saturated carbocycles. The molecular weight excluding hydrogens is 300 g/mol. The third-order valence-electron chi connectivity index (χ3n) is 3.57. The van der Waals surface area contributed by atoms with Gasteiger partial charge < -0.3 is 4.42 Å². The van der Waals surface area contributed by atoms with Crippen molar-refractivity contribution in [2.24, 2.45) is 0 Å². The van der Waals surface area contributed by atoms with Crippen LogP contribution in [-0.2, 0) is 0 Å². The van der Waals surface area contributed by atoms with Gasteiger partial charge in [0, 0.05) is 17.2 Å². The van der Waals surface area contributed by atoms with Crippen molar-refractivity contribution in [2.45, 2.75) is 19.4 Å². The number of benzene rings is 1. The Hall–Kier alpha value is -1.89. The molecule has 0 aliphatic carbocycles. The van der Waals surface area contributed by atoms with Gasteiger partial charge in [-0.05, 0) is 12.5 Å². The van der Waals surface area contributed by atoms with Gasteiger partial charge in [0.2, 0.25) is 5.82 Å². The molecule has 0 spiro atoms. The summed E-state index contributed by atoms with van der Waals surface area (Å²) in [6.07, 6.45) is 2.20. The number of carbonyl (C=O) groups excluding carboxylic acids is 2. The van der Waals surface area contributed by atoms with Crippen LogP contribution >= 0.6 is 11.8 Å². The molecule has 0 bridgehead atoms. The third kappa shape index (κ3) is 2.03.